The van der Waals surface area contributed by atoms with Crippen LogP contribution in [0.2, 0.25) is 0 Å². The zero-order valence-corrected chi connectivity index (χ0v) is 9.03. The van der Waals surface area contributed by atoms with E-state index in [1.165, 1.54) is 18.5 Å². The average molecular weight is 193 g/mol. The van der Waals surface area contributed by atoms with Crippen molar-refractivity contribution in [2.45, 2.75) is 45.2 Å². The Balaban J connectivity index is 2.11. The van der Waals surface area contributed by atoms with Crippen molar-refractivity contribution in [1.29, 1.82) is 0 Å². The summed E-state index contributed by atoms with van der Waals surface area (Å²) in [5.74, 6) is 0.666. The molecule has 3 heteroatoms. The zero-order chi connectivity index (χ0) is 9.97. The molecule has 1 aromatic heterocycles. The minimum absolute atomic E-state index is 0.657. The number of nitrogens with one attached hydrogen (secondary N) is 1. The molecule has 1 aliphatic rings. The molecule has 0 radical (unpaired) electrons. The molecule has 1 saturated heterocycles. The molecule has 2 rings (SSSR count). The maximum absolute atomic E-state index is 4.25. The van der Waals surface area contributed by atoms with Crippen molar-refractivity contribution in [3.8, 4) is 0 Å². The molecule has 0 spiro atoms. The van der Waals surface area contributed by atoms with Gasteiger partial charge in [0.05, 0.1) is 6.33 Å². The number of aromatic nitrogens is 2. The van der Waals surface area contributed by atoms with Gasteiger partial charge in [0.15, 0.2) is 0 Å². The second kappa shape index (κ2) is 4.13. The lowest BCUT2D eigenvalue weighted by Crippen LogP contribution is -2.16. The molecule has 2 atom stereocenters. The van der Waals surface area contributed by atoms with Gasteiger partial charge in [-0.05, 0) is 19.8 Å². The van der Waals surface area contributed by atoms with E-state index >= 15 is 0 Å². The molecule has 0 aliphatic carbocycles. The first-order chi connectivity index (χ1) is 6.81. The predicted molar refractivity (Wildman–Crippen MR) is 57.3 cm³/mol. The van der Waals surface area contributed by atoms with Crippen molar-refractivity contribution in [2.24, 2.45) is 0 Å². The van der Waals surface area contributed by atoms with Gasteiger partial charge in [-0.25, -0.2) is 4.98 Å². The number of hydrogen-bond acceptors (Lipinski definition) is 2. The topological polar surface area (TPSA) is 29.9 Å². The molecule has 78 valence electrons. The monoisotopic (exact) mass is 193 g/mol. The van der Waals surface area contributed by atoms with Crippen LogP contribution in [0.4, 0.5) is 0 Å². The van der Waals surface area contributed by atoms with Crippen LogP contribution in [0.15, 0.2) is 12.5 Å². The van der Waals surface area contributed by atoms with Crippen molar-refractivity contribution in [3.05, 3.63) is 18.2 Å². The summed E-state index contributed by atoms with van der Waals surface area (Å²) in [5, 5.41) is 3.49. The predicted octanol–water partition coefficient (Wildman–Crippen LogP) is 1.76. The molecule has 14 heavy (non-hydrogen) atoms. The molecule has 1 fully saturated rings. The molecule has 0 saturated carbocycles. The standard InChI is InChI=1S/C11H19N3/c1-3-4-14-8-12-7-11(14)10-5-9(2)13-6-10/h7-10,13H,3-6H2,1-2H3. The van der Waals surface area contributed by atoms with Crippen LogP contribution in [0.25, 0.3) is 0 Å². The SMILES string of the molecule is CCCn1cncc1C1CNC(C)C1. The number of nitrogens with zero attached hydrogens (tertiary/aromatic N) is 2. The third-order valence-corrected chi connectivity index (χ3v) is 2.98. The normalized spacial score (nSPS) is 27.0. The fourth-order valence-electron chi connectivity index (χ4n) is 2.26. The highest BCUT2D eigenvalue weighted by Gasteiger charge is 2.24. The van der Waals surface area contributed by atoms with Gasteiger partial charge in [0, 0.05) is 36.9 Å². The molecule has 0 bridgehead atoms. The Kier molecular flexibility index (Phi) is 2.87. The summed E-state index contributed by atoms with van der Waals surface area (Å²) in [6.45, 7) is 6.66. The average Bonchev–Trinajstić information content (AvgIpc) is 2.74. The Bertz CT molecular complexity index is 292. The molecule has 0 amide bonds. The van der Waals surface area contributed by atoms with Gasteiger partial charge >= 0.3 is 0 Å². The van der Waals surface area contributed by atoms with Gasteiger partial charge in [0.25, 0.3) is 0 Å². The quantitative estimate of drug-likeness (QED) is 0.792. The minimum atomic E-state index is 0.657. The maximum atomic E-state index is 4.25. The highest BCUT2D eigenvalue weighted by Crippen LogP contribution is 2.25. The Labute approximate surface area is 85.5 Å². The Morgan fingerprint density at radius 3 is 3.14 bits per heavy atom. The molecule has 0 aromatic carbocycles. The Hall–Kier alpha value is -0.830. The summed E-state index contributed by atoms with van der Waals surface area (Å²) in [4.78, 5) is 4.25. The first-order valence-electron chi connectivity index (χ1n) is 5.54. The number of rotatable bonds is 3. The van der Waals surface area contributed by atoms with E-state index in [0.717, 1.165) is 13.1 Å². The summed E-state index contributed by atoms with van der Waals surface area (Å²) in [6.07, 6.45) is 6.41. The third kappa shape index (κ3) is 1.82. The van der Waals surface area contributed by atoms with E-state index in [4.69, 9.17) is 0 Å². The smallest absolute Gasteiger partial charge is 0.0948 e. The first kappa shape index (κ1) is 9.71. The maximum Gasteiger partial charge on any atom is 0.0948 e. The van der Waals surface area contributed by atoms with Crippen LogP contribution in [-0.2, 0) is 6.54 Å². The van der Waals surface area contributed by atoms with Crippen molar-refractivity contribution in [2.75, 3.05) is 6.54 Å². The summed E-state index contributed by atoms with van der Waals surface area (Å²) >= 11 is 0. The Morgan fingerprint density at radius 1 is 1.64 bits per heavy atom. The van der Waals surface area contributed by atoms with E-state index in [1.54, 1.807) is 0 Å². The van der Waals surface area contributed by atoms with Crippen molar-refractivity contribution in [3.63, 3.8) is 0 Å². The number of aryl methyl sites for hydroxylation is 1. The minimum Gasteiger partial charge on any atom is -0.334 e. The van der Waals surface area contributed by atoms with E-state index in [2.05, 4.69) is 28.7 Å². The van der Waals surface area contributed by atoms with Crippen LogP contribution >= 0.6 is 0 Å². The highest BCUT2D eigenvalue weighted by atomic mass is 15.1. The lowest BCUT2D eigenvalue weighted by atomic mass is 10.0. The van der Waals surface area contributed by atoms with Crippen molar-refractivity contribution >= 4 is 0 Å². The lowest BCUT2D eigenvalue weighted by molar-refractivity contribution is 0.596. The van der Waals surface area contributed by atoms with Gasteiger partial charge in [-0.15, -0.1) is 0 Å². The molecular formula is C11H19N3. The van der Waals surface area contributed by atoms with Gasteiger partial charge in [-0.2, -0.15) is 0 Å². The molecule has 1 N–H and O–H groups in total. The van der Waals surface area contributed by atoms with Crippen LogP contribution in [0.3, 0.4) is 0 Å². The van der Waals surface area contributed by atoms with Crippen LogP contribution in [0.5, 0.6) is 0 Å². The fraction of sp³-hybridized carbons (Fsp3) is 0.727. The molecule has 1 aromatic rings. The number of imidazole rings is 1. The van der Waals surface area contributed by atoms with E-state index in [0.29, 0.717) is 12.0 Å². The van der Waals surface area contributed by atoms with Gasteiger partial charge in [0.2, 0.25) is 0 Å². The van der Waals surface area contributed by atoms with Crippen LogP contribution in [-0.4, -0.2) is 22.1 Å². The van der Waals surface area contributed by atoms with Crippen LogP contribution in [0.1, 0.15) is 38.3 Å². The first-order valence-corrected chi connectivity index (χ1v) is 5.54. The summed E-state index contributed by atoms with van der Waals surface area (Å²) in [7, 11) is 0. The largest absolute Gasteiger partial charge is 0.334 e. The van der Waals surface area contributed by atoms with Gasteiger partial charge in [-0.3, -0.25) is 0 Å². The van der Waals surface area contributed by atoms with Gasteiger partial charge < -0.3 is 9.88 Å². The molecule has 3 nitrogen and oxygen atoms in total. The van der Waals surface area contributed by atoms with Gasteiger partial charge in [0.1, 0.15) is 0 Å². The van der Waals surface area contributed by atoms with E-state index < -0.39 is 0 Å². The van der Waals surface area contributed by atoms with E-state index in [-0.39, 0.29) is 0 Å². The highest BCUT2D eigenvalue weighted by molar-refractivity contribution is 5.10. The third-order valence-electron chi connectivity index (χ3n) is 2.98. The zero-order valence-electron chi connectivity index (χ0n) is 9.03. The summed E-state index contributed by atoms with van der Waals surface area (Å²) in [6, 6.07) is 0.657. The molecular weight excluding hydrogens is 174 g/mol. The van der Waals surface area contributed by atoms with E-state index in [1.807, 2.05) is 12.5 Å². The van der Waals surface area contributed by atoms with Crippen molar-refractivity contribution < 1.29 is 0 Å². The lowest BCUT2D eigenvalue weighted by Gasteiger charge is -2.11. The second-order valence-electron chi connectivity index (χ2n) is 4.25. The van der Waals surface area contributed by atoms with Gasteiger partial charge in [-0.1, -0.05) is 6.92 Å². The Morgan fingerprint density at radius 2 is 2.50 bits per heavy atom. The summed E-state index contributed by atoms with van der Waals surface area (Å²) < 4.78 is 2.30. The summed E-state index contributed by atoms with van der Waals surface area (Å²) in [5.41, 5.74) is 1.41. The van der Waals surface area contributed by atoms with Crippen LogP contribution in [0, 0.1) is 0 Å². The van der Waals surface area contributed by atoms with E-state index in [9.17, 15) is 0 Å². The molecule has 2 heterocycles. The van der Waals surface area contributed by atoms with Crippen LogP contribution < -0.4 is 5.32 Å². The molecule has 2 unspecified atom stereocenters. The fourth-order valence-corrected chi connectivity index (χ4v) is 2.26. The number of hydrogen-bond donors (Lipinski definition) is 1. The molecule has 1 aliphatic heterocycles. The van der Waals surface area contributed by atoms with Crippen molar-refractivity contribution in [1.82, 2.24) is 14.9 Å². The second-order valence-corrected chi connectivity index (χ2v) is 4.25.